The van der Waals surface area contributed by atoms with Crippen LogP contribution < -0.4 is 11.1 Å². The van der Waals surface area contributed by atoms with Crippen molar-refractivity contribution in [3.8, 4) is 0 Å². The van der Waals surface area contributed by atoms with Crippen LogP contribution in [0.1, 0.15) is 29.8 Å². The molecule has 1 unspecified atom stereocenters. The van der Waals surface area contributed by atoms with Crippen molar-refractivity contribution >= 4 is 40.0 Å². The lowest BCUT2D eigenvalue weighted by Gasteiger charge is -2.20. The molecule has 0 aliphatic rings. The van der Waals surface area contributed by atoms with E-state index in [1.54, 1.807) is 12.1 Å². The predicted octanol–water partition coefficient (Wildman–Crippen LogP) is 5.46. The molecule has 2 aromatic carbocycles. The molecule has 138 valence electrons. The Balaban J connectivity index is 2.05. The zero-order valence-corrected chi connectivity index (χ0v) is 15.8. The first-order chi connectivity index (χ1) is 13.0. The highest BCUT2D eigenvalue weighted by Gasteiger charge is 2.17. The Bertz CT molecular complexity index is 1050. The molecule has 0 aliphatic heterocycles. The Morgan fingerprint density at radius 1 is 1.30 bits per heavy atom. The highest BCUT2D eigenvalue weighted by Crippen LogP contribution is 2.35. The summed E-state index contributed by atoms with van der Waals surface area (Å²) in [6.07, 6.45) is 2.48. The van der Waals surface area contributed by atoms with E-state index in [0.29, 0.717) is 27.4 Å². The number of anilines is 1. The summed E-state index contributed by atoms with van der Waals surface area (Å²) < 4.78 is 14.5. The van der Waals surface area contributed by atoms with Gasteiger partial charge >= 0.3 is 0 Å². The standard InChI is InChI=1S/C21H20ClFN4/c1-12(17-9-14(7-8-18(17)23)15(10-24)11-25)27-21-16-5-3-4-6-19(16)26-13(2)20(21)22/h3-12,24H,25H2,1-2H3,(H,26,27)/b15-11+,24-10?. The number of para-hydroxylation sites is 1. The number of nitrogens with two attached hydrogens (primary N) is 1. The molecule has 0 saturated carbocycles. The van der Waals surface area contributed by atoms with E-state index < -0.39 is 0 Å². The number of aryl methyl sites for hydroxylation is 1. The monoisotopic (exact) mass is 382 g/mol. The van der Waals surface area contributed by atoms with Crippen molar-refractivity contribution in [2.75, 3.05) is 5.32 Å². The topological polar surface area (TPSA) is 74.8 Å². The van der Waals surface area contributed by atoms with Crippen molar-refractivity contribution in [2.24, 2.45) is 5.73 Å². The average molecular weight is 383 g/mol. The minimum absolute atomic E-state index is 0.341. The lowest BCUT2D eigenvalue weighted by Crippen LogP contribution is -2.11. The van der Waals surface area contributed by atoms with Crippen molar-refractivity contribution in [1.29, 1.82) is 5.41 Å². The molecule has 6 heteroatoms. The van der Waals surface area contributed by atoms with Gasteiger partial charge in [0, 0.05) is 28.9 Å². The fourth-order valence-corrected chi connectivity index (χ4v) is 3.23. The molecular formula is C21H20ClFN4. The first-order valence-electron chi connectivity index (χ1n) is 8.49. The zero-order chi connectivity index (χ0) is 19.6. The minimum Gasteiger partial charge on any atom is -0.404 e. The highest BCUT2D eigenvalue weighted by atomic mass is 35.5. The van der Waals surface area contributed by atoms with E-state index in [0.717, 1.165) is 22.8 Å². The minimum atomic E-state index is -0.364. The average Bonchev–Trinajstić information content (AvgIpc) is 2.67. The van der Waals surface area contributed by atoms with Crippen LogP contribution in [0.15, 0.2) is 48.7 Å². The maximum atomic E-state index is 14.5. The quantitative estimate of drug-likeness (QED) is 0.513. The summed E-state index contributed by atoms with van der Waals surface area (Å²) >= 11 is 6.50. The van der Waals surface area contributed by atoms with Crippen LogP contribution in [-0.2, 0) is 0 Å². The van der Waals surface area contributed by atoms with Gasteiger partial charge in [-0.25, -0.2) is 4.39 Å². The fourth-order valence-electron chi connectivity index (χ4n) is 3.03. The molecule has 0 spiro atoms. The number of halogens is 2. The number of nitrogens with zero attached hydrogens (tertiary/aromatic N) is 1. The van der Waals surface area contributed by atoms with E-state index in [1.807, 2.05) is 38.1 Å². The smallest absolute Gasteiger partial charge is 0.128 e. The molecule has 0 fully saturated rings. The number of benzene rings is 2. The number of fused-ring (bicyclic) bond motifs is 1. The van der Waals surface area contributed by atoms with Gasteiger partial charge in [0.05, 0.1) is 28.0 Å². The van der Waals surface area contributed by atoms with Crippen LogP contribution in [0.4, 0.5) is 10.1 Å². The molecule has 4 nitrogen and oxygen atoms in total. The first kappa shape index (κ1) is 18.9. The summed E-state index contributed by atoms with van der Waals surface area (Å²) in [7, 11) is 0. The van der Waals surface area contributed by atoms with Crippen molar-refractivity contribution in [1.82, 2.24) is 4.98 Å². The van der Waals surface area contributed by atoms with Crippen LogP contribution in [-0.4, -0.2) is 11.2 Å². The number of pyridine rings is 1. The highest BCUT2D eigenvalue weighted by molar-refractivity contribution is 6.35. The van der Waals surface area contributed by atoms with Crippen molar-refractivity contribution in [2.45, 2.75) is 19.9 Å². The molecule has 1 atom stereocenters. The maximum absolute atomic E-state index is 14.5. The van der Waals surface area contributed by atoms with Crippen LogP contribution >= 0.6 is 11.6 Å². The van der Waals surface area contributed by atoms with Crippen molar-refractivity contribution < 1.29 is 4.39 Å². The molecule has 0 bridgehead atoms. The van der Waals surface area contributed by atoms with Gasteiger partial charge in [-0.1, -0.05) is 35.9 Å². The van der Waals surface area contributed by atoms with E-state index in [9.17, 15) is 4.39 Å². The largest absolute Gasteiger partial charge is 0.404 e. The Kier molecular flexibility index (Phi) is 5.42. The maximum Gasteiger partial charge on any atom is 0.128 e. The molecular weight excluding hydrogens is 363 g/mol. The third kappa shape index (κ3) is 3.64. The number of aromatic nitrogens is 1. The van der Waals surface area contributed by atoms with Gasteiger partial charge in [0.2, 0.25) is 0 Å². The number of hydrogen-bond donors (Lipinski definition) is 3. The second-order valence-corrected chi connectivity index (χ2v) is 6.65. The predicted molar refractivity (Wildman–Crippen MR) is 111 cm³/mol. The van der Waals surface area contributed by atoms with Gasteiger partial charge in [-0.3, -0.25) is 4.98 Å². The van der Waals surface area contributed by atoms with Gasteiger partial charge in [-0.2, -0.15) is 0 Å². The first-order valence-corrected chi connectivity index (χ1v) is 8.87. The number of rotatable bonds is 5. The number of nitrogens with one attached hydrogen (secondary N) is 2. The Labute approximate surface area is 162 Å². The Hall–Kier alpha value is -2.92. The van der Waals surface area contributed by atoms with Crippen LogP contribution in [0.2, 0.25) is 5.02 Å². The fraction of sp³-hybridized carbons (Fsp3) is 0.143. The van der Waals surface area contributed by atoms with E-state index in [2.05, 4.69) is 10.3 Å². The third-order valence-corrected chi connectivity index (χ3v) is 4.95. The van der Waals surface area contributed by atoms with Crippen LogP contribution in [0, 0.1) is 18.2 Å². The van der Waals surface area contributed by atoms with E-state index in [4.69, 9.17) is 22.7 Å². The summed E-state index contributed by atoms with van der Waals surface area (Å²) in [4.78, 5) is 4.50. The molecule has 1 heterocycles. The molecule has 0 radical (unpaired) electrons. The molecule has 1 aromatic heterocycles. The SMILES string of the molecule is Cc1nc2ccccc2c(NC(C)c2cc(/C(C=N)=C/N)ccc2F)c1Cl. The normalized spacial score (nSPS) is 12.8. The summed E-state index contributed by atoms with van der Waals surface area (Å²) in [6, 6.07) is 12.0. The lowest BCUT2D eigenvalue weighted by molar-refractivity contribution is 0.600. The molecule has 3 aromatic rings. The molecule has 4 N–H and O–H groups in total. The third-order valence-electron chi connectivity index (χ3n) is 4.49. The second-order valence-electron chi connectivity index (χ2n) is 6.27. The van der Waals surface area contributed by atoms with E-state index in [-0.39, 0.29) is 11.9 Å². The van der Waals surface area contributed by atoms with Gasteiger partial charge in [0.1, 0.15) is 5.82 Å². The summed E-state index contributed by atoms with van der Waals surface area (Å²) in [6.45, 7) is 3.70. The van der Waals surface area contributed by atoms with Gasteiger partial charge in [0.25, 0.3) is 0 Å². The molecule has 0 aliphatic carbocycles. The number of allylic oxidation sites excluding steroid dienone is 1. The van der Waals surface area contributed by atoms with Crippen LogP contribution in [0.3, 0.4) is 0 Å². The second kappa shape index (κ2) is 7.76. The molecule has 0 saturated heterocycles. The van der Waals surface area contributed by atoms with Crippen LogP contribution in [0.5, 0.6) is 0 Å². The number of hydrogen-bond acceptors (Lipinski definition) is 4. The van der Waals surface area contributed by atoms with Gasteiger partial charge in [-0.15, -0.1) is 0 Å². The van der Waals surface area contributed by atoms with E-state index in [1.165, 1.54) is 12.3 Å². The molecule has 3 rings (SSSR count). The van der Waals surface area contributed by atoms with E-state index >= 15 is 0 Å². The molecule has 27 heavy (non-hydrogen) atoms. The summed E-state index contributed by atoms with van der Waals surface area (Å²) in [5.74, 6) is -0.341. The zero-order valence-electron chi connectivity index (χ0n) is 15.1. The Morgan fingerprint density at radius 3 is 2.74 bits per heavy atom. The molecule has 0 amide bonds. The Morgan fingerprint density at radius 2 is 2.04 bits per heavy atom. The van der Waals surface area contributed by atoms with Crippen LogP contribution in [0.25, 0.3) is 16.5 Å². The van der Waals surface area contributed by atoms with Crippen molar-refractivity contribution in [3.63, 3.8) is 0 Å². The lowest BCUT2D eigenvalue weighted by atomic mass is 10.00. The van der Waals surface area contributed by atoms with Gasteiger partial charge < -0.3 is 16.5 Å². The van der Waals surface area contributed by atoms with Crippen molar-refractivity contribution in [3.05, 3.63) is 76.3 Å². The van der Waals surface area contributed by atoms with Gasteiger partial charge in [-0.05, 0) is 37.6 Å². The van der Waals surface area contributed by atoms with Gasteiger partial charge in [0.15, 0.2) is 0 Å². The summed E-state index contributed by atoms with van der Waals surface area (Å²) in [5.41, 5.74) is 9.46. The summed E-state index contributed by atoms with van der Waals surface area (Å²) in [5, 5.41) is 12.2.